The quantitative estimate of drug-likeness (QED) is 0.674. The van der Waals surface area contributed by atoms with Gasteiger partial charge in [-0.2, -0.15) is 0 Å². The van der Waals surface area contributed by atoms with Gasteiger partial charge < -0.3 is 5.32 Å². The van der Waals surface area contributed by atoms with Gasteiger partial charge in [-0.25, -0.2) is 8.42 Å². The zero-order valence-electron chi connectivity index (χ0n) is 11.3. The first-order valence-electron chi connectivity index (χ1n) is 6.09. The highest BCUT2D eigenvalue weighted by Crippen LogP contribution is 2.15. The van der Waals surface area contributed by atoms with Gasteiger partial charge in [0.25, 0.3) is 0 Å². The topological polar surface area (TPSA) is 70.0 Å². The van der Waals surface area contributed by atoms with Crippen molar-refractivity contribution in [2.75, 3.05) is 11.6 Å². The highest BCUT2D eigenvalue weighted by molar-refractivity contribution is 7.90. The van der Waals surface area contributed by atoms with Crippen LogP contribution in [0.5, 0.6) is 0 Å². The van der Waals surface area contributed by atoms with E-state index in [9.17, 15) is 8.42 Å². The van der Waals surface area contributed by atoms with E-state index < -0.39 is 9.84 Å². The van der Waals surface area contributed by atoms with E-state index in [2.05, 4.69) is 5.32 Å². The Balaban J connectivity index is 2.14. The summed E-state index contributed by atoms with van der Waals surface area (Å²) in [5.74, 6) is 0.275. The number of sulfone groups is 1. The first-order valence-corrected chi connectivity index (χ1v) is 7.98. The molecule has 2 aromatic rings. The lowest BCUT2D eigenvalue weighted by atomic mass is 10.1. The summed E-state index contributed by atoms with van der Waals surface area (Å²) < 4.78 is 22.7. The molecule has 0 aliphatic heterocycles. The van der Waals surface area contributed by atoms with Crippen LogP contribution in [-0.2, 0) is 9.84 Å². The number of hydrogen-bond acceptors (Lipinski definition) is 3. The van der Waals surface area contributed by atoms with Crippen LogP contribution in [0.4, 0.5) is 5.69 Å². The van der Waals surface area contributed by atoms with Gasteiger partial charge in [-0.3, -0.25) is 5.41 Å². The maximum atomic E-state index is 11.4. The minimum Gasteiger partial charge on any atom is -0.340 e. The maximum Gasteiger partial charge on any atom is 0.175 e. The molecular weight excluding hydrogens is 272 g/mol. The first-order chi connectivity index (χ1) is 9.36. The number of aryl methyl sites for hydroxylation is 1. The van der Waals surface area contributed by atoms with Crippen LogP contribution >= 0.6 is 0 Å². The van der Waals surface area contributed by atoms with Gasteiger partial charge in [0.1, 0.15) is 5.84 Å². The number of anilines is 1. The average molecular weight is 288 g/mol. The van der Waals surface area contributed by atoms with Gasteiger partial charge in [0.05, 0.1) is 4.90 Å². The standard InChI is InChI=1S/C15H16N2O2S/c1-11-3-5-12(6-4-11)15(16)17-13-7-9-14(10-8-13)20(2,18)19/h3-10H,1-2H3,(H2,16,17). The molecule has 0 fully saturated rings. The molecule has 0 amide bonds. The third-order valence-electron chi connectivity index (χ3n) is 2.89. The van der Waals surface area contributed by atoms with Crippen molar-refractivity contribution < 1.29 is 8.42 Å². The summed E-state index contributed by atoms with van der Waals surface area (Å²) >= 11 is 0. The summed E-state index contributed by atoms with van der Waals surface area (Å²) in [7, 11) is -3.19. The number of amidine groups is 1. The molecule has 5 heteroatoms. The van der Waals surface area contributed by atoms with Crippen LogP contribution in [0.1, 0.15) is 11.1 Å². The number of benzene rings is 2. The molecule has 104 valence electrons. The lowest BCUT2D eigenvalue weighted by molar-refractivity contribution is 0.602. The smallest absolute Gasteiger partial charge is 0.175 e. The van der Waals surface area contributed by atoms with E-state index in [0.717, 1.165) is 11.1 Å². The Hall–Kier alpha value is -2.14. The van der Waals surface area contributed by atoms with Gasteiger partial charge in [-0.1, -0.05) is 29.8 Å². The molecule has 0 unspecified atom stereocenters. The second-order valence-corrected chi connectivity index (χ2v) is 6.68. The van der Waals surface area contributed by atoms with Crippen molar-refractivity contribution in [3.8, 4) is 0 Å². The van der Waals surface area contributed by atoms with Gasteiger partial charge in [-0.15, -0.1) is 0 Å². The zero-order valence-corrected chi connectivity index (χ0v) is 12.2. The molecule has 0 aliphatic carbocycles. The van der Waals surface area contributed by atoms with Crippen LogP contribution in [0.3, 0.4) is 0 Å². The van der Waals surface area contributed by atoms with E-state index in [1.165, 1.54) is 18.4 Å². The van der Waals surface area contributed by atoms with Gasteiger partial charge in [0, 0.05) is 17.5 Å². The SMILES string of the molecule is Cc1ccc(C(=N)Nc2ccc(S(C)(=O)=O)cc2)cc1. The number of rotatable bonds is 3. The van der Waals surface area contributed by atoms with Crippen molar-refractivity contribution in [3.05, 3.63) is 59.7 Å². The maximum absolute atomic E-state index is 11.4. The Morgan fingerprint density at radius 2 is 1.55 bits per heavy atom. The van der Waals surface area contributed by atoms with Gasteiger partial charge >= 0.3 is 0 Å². The number of nitrogens with one attached hydrogen (secondary N) is 2. The van der Waals surface area contributed by atoms with Crippen LogP contribution in [0.15, 0.2) is 53.4 Å². The molecule has 0 radical (unpaired) electrons. The minimum absolute atomic E-state index is 0.268. The molecule has 0 saturated heterocycles. The van der Waals surface area contributed by atoms with E-state index in [4.69, 9.17) is 5.41 Å². The molecule has 20 heavy (non-hydrogen) atoms. The Morgan fingerprint density at radius 3 is 2.05 bits per heavy atom. The fourth-order valence-electron chi connectivity index (χ4n) is 1.72. The summed E-state index contributed by atoms with van der Waals surface area (Å²) in [6, 6.07) is 14.0. The van der Waals surface area contributed by atoms with E-state index in [-0.39, 0.29) is 10.7 Å². The van der Waals surface area contributed by atoms with E-state index >= 15 is 0 Å². The molecular formula is C15H16N2O2S. The van der Waals surface area contributed by atoms with Crippen molar-refractivity contribution in [2.45, 2.75) is 11.8 Å². The van der Waals surface area contributed by atoms with Crippen LogP contribution < -0.4 is 5.32 Å². The van der Waals surface area contributed by atoms with Gasteiger partial charge in [-0.05, 0) is 31.2 Å². The summed E-state index contributed by atoms with van der Waals surface area (Å²) in [6.45, 7) is 1.99. The highest BCUT2D eigenvalue weighted by atomic mass is 32.2. The fourth-order valence-corrected chi connectivity index (χ4v) is 2.35. The Morgan fingerprint density at radius 1 is 1.00 bits per heavy atom. The third-order valence-corrected chi connectivity index (χ3v) is 4.02. The summed E-state index contributed by atoms with van der Waals surface area (Å²) in [5.41, 5.74) is 2.60. The van der Waals surface area contributed by atoms with Gasteiger partial charge in [0.15, 0.2) is 9.84 Å². The highest BCUT2D eigenvalue weighted by Gasteiger charge is 2.07. The monoisotopic (exact) mass is 288 g/mol. The summed E-state index contributed by atoms with van der Waals surface area (Å²) in [4.78, 5) is 0.268. The molecule has 0 atom stereocenters. The average Bonchev–Trinajstić information content (AvgIpc) is 2.39. The van der Waals surface area contributed by atoms with E-state index in [1.54, 1.807) is 12.1 Å². The lowest BCUT2D eigenvalue weighted by Crippen LogP contribution is -2.11. The van der Waals surface area contributed by atoms with Crippen LogP contribution in [0.2, 0.25) is 0 Å². The first kappa shape index (κ1) is 14.3. The molecule has 4 nitrogen and oxygen atoms in total. The summed E-state index contributed by atoms with van der Waals surface area (Å²) in [6.07, 6.45) is 1.17. The third kappa shape index (κ3) is 3.45. The molecule has 2 N–H and O–H groups in total. The molecule has 0 spiro atoms. The molecule has 0 bridgehead atoms. The van der Waals surface area contributed by atoms with Crippen molar-refractivity contribution in [3.63, 3.8) is 0 Å². The minimum atomic E-state index is -3.19. The van der Waals surface area contributed by atoms with E-state index in [0.29, 0.717) is 5.69 Å². The zero-order chi connectivity index (χ0) is 14.8. The van der Waals surface area contributed by atoms with Crippen molar-refractivity contribution >= 4 is 21.4 Å². The Kier molecular flexibility index (Phi) is 3.90. The van der Waals surface area contributed by atoms with Crippen LogP contribution in [0, 0.1) is 12.3 Å². The molecule has 0 saturated carbocycles. The molecule has 0 aromatic heterocycles. The normalized spacial score (nSPS) is 11.1. The van der Waals surface area contributed by atoms with Gasteiger partial charge in [0.2, 0.25) is 0 Å². The van der Waals surface area contributed by atoms with Crippen LogP contribution in [0.25, 0.3) is 0 Å². The number of hydrogen-bond donors (Lipinski definition) is 2. The van der Waals surface area contributed by atoms with Crippen molar-refractivity contribution in [1.29, 1.82) is 5.41 Å². The second-order valence-electron chi connectivity index (χ2n) is 4.66. The lowest BCUT2D eigenvalue weighted by Gasteiger charge is -2.09. The second kappa shape index (κ2) is 5.46. The predicted octanol–water partition coefficient (Wildman–Crippen LogP) is 2.84. The van der Waals surface area contributed by atoms with Crippen LogP contribution in [-0.4, -0.2) is 20.5 Å². The fraction of sp³-hybridized carbons (Fsp3) is 0.133. The molecule has 2 aromatic carbocycles. The Labute approximate surface area is 118 Å². The largest absolute Gasteiger partial charge is 0.340 e. The molecule has 2 rings (SSSR count). The molecule has 0 aliphatic rings. The predicted molar refractivity (Wildman–Crippen MR) is 81.2 cm³/mol. The molecule has 0 heterocycles. The van der Waals surface area contributed by atoms with Crippen molar-refractivity contribution in [1.82, 2.24) is 0 Å². The summed E-state index contributed by atoms with van der Waals surface area (Å²) in [5, 5.41) is 10.9. The van der Waals surface area contributed by atoms with E-state index in [1.807, 2.05) is 31.2 Å². The Bertz CT molecular complexity index is 717. The van der Waals surface area contributed by atoms with Crippen molar-refractivity contribution in [2.24, 2.45) is 0 Å².